The molecule has 1 heterocycles. The molecular weight excluding hydrogens is 186 g/mol. The normalized spacial score (nSPS) is 10.2. The van der Waals surface area contributed by atoms with Crippen molar-refractivity contribution in [2.45, 2.75) is 0 Å². The number of carbonyl (C=O) groups excluding carboxylic acids is 1. The molecule has 0 aliphatic heterocycles. The topological polar surface area (TPSA) is 30.0 Å². The molecule has 0 saturated carbocycles. The first kappa shape index (κ1) is 8.20. The van der Waals surface area contributed by atoms with Gasteiger partial charge in [-0.2, -0.15) is 0 Å². The van der Waals surface area contributed by atoms with Crippen molar-refractivity contribution in [1.82, 2.24) is 4.98 Å². The zero-order chi connectivity index (χ0) is 9.26. The van der Waals surface area contributed by atoms with E-state index in [0.717, 1.165) is 17.1 Å². The van der Waals surface area contributed by atoms with Gasteiger partial charge in [-0.1, -0.05) is 11.6 Å². The Balaban J connectivity index is 2.81. The fraction of sp³-hybridized carbons (Fsp3) is 0. The first-order chi connectivity index (χ1) is 6.31. The number of hydrogen-bond acceptors (Lipinski definition) is 2. The van der Waals surface area contributed by atoms with Gasteiger partial charge in [-0.15, -0.1) is 0 Å². The van der Waals surface area contributed by atoms with E-state index in [-0.39, 0.29) is 0 Å². The fourth-order valence-corrected chi connectivity index (χ4v) is 1.43. The number of aldehydes is 1. The molecule has 0 aliphatic carbocycles. The minimum atomic E-state index is 0.480. The maximum atomic E-state index is 10.6. The number of benzene rings is 1. The Hall–Kier alpha value is -1.41. The SMILES string of the molecule is O=Cc1cc2cnccc2cc1Cl. The third-order valence-corrected chi connectivity index (χ3v) is 2.21. The van der Waals surface area contributed by atoms with Gasteiger partial charge in [-0.3, -0.25) is 9.78 Å². The molecule has 64 valence electrons. The van der Waals surface area contributed by atoms with Crippen molar-refractivity contribution in [2.75, 3.05) is 0 Å². The molecule has 2 rings (SSSR count). The highest BCUT2D eigenvalue weighted by Crippen LogP contribution is 2.21. The van der Waals surface area contributed by atoms with E-state index in [4.69, 9.17) is 11.6 Å². The summed E-state index contributed by atoms with van der Waals surface area (Å²) in [6.45, 7) is 0. The number of halogens is 1. The zero-order valence-corrected chi connectivity index (χ0v) is 7.45. The van der Waals surface area contributed by atoms with Crippen molar-refractivity contribution in [3.8, 4) is 0 Å². The molecule has 1 aromatic carbocycles. The molecule has 0 amide bonds. The second-order valence-corrected chi connectivity index (χ2v) is 3.12. The lowest BCUT2D eigenvalue weighted by atomic mass is 10.1. The number of carbonyl (C=O) groups is 1. The van der Waals surface area contributed by atoms with Gasteiger partial charge in [0.15, 0.2) is 6.29 Å². The van der Waals surface area contributed by atoms with Crippen LogP contribution in [0, 0.1) is 0 Å². The van der Waals surface area contributed by atoms with E-state index in [1.54, 1.807) is 24.5 Å². The number of aromatic nitrogens is 1. The smallest absolute Gasteiger partial charge is 0.151 e. The number of hydrogen-bond donors (Lipinski definition) is 0. The van der Waals surface area contributed by atoms with E-state index in [1.165, 1.54) is 0 Å². The predicted molar refractivity (Wildman–Crippen MR) is 52.1 cm³/mol. The summed E-state index contributed by atoms with van der Waals surface area (Å²) in [5.41, 5.74) is 0.502. The molecule has 2 aromatic rings. The van der Waals surface area contributed by atoms with E-state index in [9.17, 15) is 4.79 Å². The minimum absolute atomic E-state index is 0.480. The summed E-state index contributed by atoms with van der Waals surface area (Å²) in [5.74, 6) is 0. The first-order valence-electron chi connectivity index (χ1n) is 3.80. The highest BCUT2D eigenvalue weighted by molar-refractivity contribution is 6.33. The Labute approximate surface area is 80.2 Å². The molecule has 0 unspecified atom stereocenters. The third-order valence-electron chi connectivity index (χ3n) is 1.88. The van der Waals surface area contributed by atoms with Crippen LogP contribution in [0.4, 0.5) is 0 Å². The highest BCUT2D eigenvalue weighted by Gasteiger charge is 2.01. The van der Waals surface area contributed by atoms with Crippen LogP contribution in [0.3, 0.4) is 0 Å². The number of rotatable bonds is 1. The van der Waals surface area contributed by atoms with E-state index in [1.807, 2.05) is 6.07 Å². The summed E-state index contributed by atoms with van der Waals surface area (Å²) >= 11 is 5.85. The van der Waals surface area contributed by atoms with Gasteiger partial charge >= 0.3 is 0 Å². The van der Waals surface area contributed by atoms with Crippen molar-refractivity contribution >= 4 is 28.7 Å². The molecule has 0 atom stereocenters. The van der Waals surface area contributed by atoms with E-state index >= 15 is 0 Å². The van der Waals surface area contributed by atoms with Crippen LogP contribution in [0.2, 0.25) is 5.02 Å². The van der Waals surface area contributed by atoms with Crippen molar-refractivity contribution in [3.05, 3.63) is 41.2 Å². The Kier molecular flexibility index (Phi) is 1.99. The predicted octanol–water partition coefficient (Wildman–Crippen LogP) is 2.70. The summed E-state index contributed by atoms with van der Waals surface area (Å²) in [6.07, 6.45) is 4.15. The van der Waals surface area contributed by atoms with Crippen LogP contribution >= 0.6 is 11.6 Å². The molecule has 13 heavy (non-hydrogen) atoms. The third kappa shape index (κ3) is 1.40. The number of nitrogens with zero attached hydrogens (tertiary/aromatic N) is 1. The van der Waals surface area contributed by atoms with Crippen LogP contribution in [0.25, 0.3) is 10.8 Å². The Bertz CT molecular complexity index is 467. The van der Waals surface area contributed by atoms with Crippen molar-refractivity contribution in [3.63, 3.8) is 0 Å². The lowest BCUT2D eigenvalue weighted by molar-refractivity contribution is 0.112. The van der Waals surface area contributed by atoms with Gasteiger partial charge in [0.05, 0.1) is 5.02 Å². The first-order valence-corrected chi connectivity index (χ1v) is 4.17. The van der Waals surface area contributed by atoms with Crippen LogP contribution in [0.5, 0.6) is 0 Å². The van der Waals surface area contributed by atoms with Gasteiger partial charge in [0, 0.05) is 23.3 Å². The van der Waals surface area contributed by atoms with Gasteiger partial charge in [0.2, 0.25) is 0 Å². The standard InChI is InChI=1S/C10H6ClNO/c11-10-4-7-1-2-12-5-8(7)3-9(10)6-13/h1-6H. The second kappa shape index (κ2) is 3.15. The van der Waals surface area contributed by atoms with Crippen LogP contribution in [0.1, 0.15) is 10.4 Å². The lowest BCUT2D eigenvalue weighted by Crippen LogP contribution is -1.83. The number of fused-ring (bicyclic) bond motifs is 1. The molecule has 0 aliphatic rings. The molecule has 1 aromatic heterocycles. The van der Waals surface area contributed by atoms with Gasteiger partial charge in [0.1, 0.15) is 0 Å². The molecule has 3 heteroatoms. The summed E-state index contributed by atoms with van der Waals surface area (Å²) in [7, 11) is 0. The molecule has 0 saturated heterocycles. The van der Waals surface area contributed by atoms with Crippen molar-refractivity contribution < 1.29 is 4.79 Å². The van der Waals surface area contributed by atoms with Gasteiger partial charge < -0.3 is 0 Å². The average Bonchev–Trinajstić information content (AvgIpc) is 2.17. The maximum Gasteiger partial charge on any atom is 0.151 e. The van der Waals surface area contributed by atoms with E-state index < -0.39 is 0 Å². The van der Waals surface area contributed by atoms with Crippen LogP contribution < -0.4 is 0 Å². The maximum absolute atomic E-state index is 10.6. The summed E-state index contributed by atoms with van der Waals surface area (Å²) in [6, 6.07) is 5.36. The van der Waals surface area contributed by atoms with Gasteiger partial charge in [0.25, 0.3) is 0 Å². The fourth-order valence-electron chi connectivity index (χ4n) is 1.22. The van der Waals surface area contributed by atoms with Gasteiger partial charge in [-0.05, 0) is 23.6 Å². The largest absolute Gasteiger partial charge is 0.298 e. The molecule has 0 fully saturated rings. The van der Waals surface area contributed by atoms with E-state index in [0.29, 0.717) is 10.6 Å². The quantitative estimate of drug-likeness (QED) is 0.649. The Morgan fingerprint density at radius 3 is 2.92 bits per heavy atom. The second-order valence-electron chi connectivity index (χ2n) is 2.71. The van der Waals surface area contributed by atoms with Crippen molar-refractivity contribution in [1.29, 1.82) is 0 Å². The minimum Gasteiger partial charge on any atom is -0.298 e. The molecule has 2 nitrogen and oxygen atoms in total. The van der Waals surface area contributed by atoms with Crippen molar-refractivity contribution in [2.24, 2.45) is 0 Å². The molecule has 0 spiro atoms. The summed E-state index contributed by atoms with van der Waals surface area (Å²) in [5, 5.41) is 2.40. The Morgan fingerprint density at radius 1 is 1.31 bits per heavy atom. The molecule has 0 bridgehead atoms. The highest BCUT2D eigenvalue weighted by atomic mass is 35.5. The van der Waals surface area contributed by atoms with Crippen LogP contribution in [0.15, 0.2) is 30.6 Å². The molecular formula is C10H6ClNO. The van der Waals surface area contributed by atoms with Gasteiger partial charge in [-0.25, -0.2) is 0 Å². The van der Waals surface area contributed by atoms with Crippen LogP contribution in [-0.4, -0.2) is 11.3 Å². The van der Waals surface area contributed by atoms with E-state index in [2.05, 4.69) is 4.98 Å². The Morgan fingerprint density at radius 2 is 2.15 bits per heavy atom. The molecule has 0 radical (unpaired) electrons. The van der Waals surface area contributed by atoms with Crippen LogP contribution in [-0.2, 0) is 0 Å². The summed E-state index contributed by atoms with van der Waals surface area (Å²) < 4.78 is 0. The summed E-state index contributed by atoms with van der Waals surface area (Å²) in [4.78, 5) is 14.5. The number of pyridine rings is 1. The zero-order valence-electron chi connectivity index (χ0n) is 6.70. The monoisotopic (exact) mass is 191 g/mol. The average molecular weight is 192 g/mol. The lowest BCUT2D eigenvalue weighted by Gasteiger charge is -1.99. The molecule has 0 N–H and O–H groups in total.